The molecule has 7 heteroatoms. The van der Waals surface area contributed by atoms with Gasteiger partial charge in [-0.25, -0.2) is 4.79 Å². The third kappa shape index (κ3) is 5.69. The van der Waals surface area contributed by atoms with Crippen LogP contribution in [0.3, 0.4) is 0 Å². The van der Waals surface area contributed by atoms with Crippen molar-refractivity contribution in [1.29, 1.82) is 0 Å². The van der Waals surface area contributed by atoms with Gasteiger partial charge in [0.25, 0.3) is 5.56 Å². The minimum absolute atomic E-state index is 0.0302. The summed E-state index contributed by atoms with van der Waals surface area (Å²) in [5.41, 5.74) is 6.77. The van der Waals surface area contributed by atoms with Crippen LogP contribution in [0.5, 0.6) is 5.88 Å². The first kappa shape index (κ1) is 33.5. The Hall–Kier alpha value is -4.91. The topological polar surface area (TPSA) is 82.7 Å². The number of anilines is 1. The molecule has 0 saturated heterocycles. The molecule has 0 fully saturated rings. The molecule has 0 radical (unpaired) electrons. The number of benzene rings is 2. The maximum atomic E-state index is 13.7. The number of para-hydroxylation sites is 1. The lowest BCUT2D eigenvalue weighted by atomic mass is 9.77. The largest absolute Gasteiger partial charge is 0.859 e. The molecule has 2 aromatic carbocycles. The summed E-state index contributed by atoms with van der Waals surface area (Å²) < 4.78 is 2.00. The first-order valence-corrected chi connectivity index (χ1v) is 16.3. The zero-order chi connectivity index (χ0) is 34.3. The first-order chi connectivity index (χ1) is 22.3. The first-order valence-electron chi connectivity index (χ1n) is 16.3. The Bertz CT molecular complexity index is 2040. The number of likely N-dealkylation sites (N-methyl/N-ethyl adjacent to an activating group) is 1. The molecule has 0 atom stereocenters. The lowest BCUT2D eigenvalue weighted by Gasteiger charge is -2.28. The Labute approximate surface area is 277 Å². The number of aryl methyl sites for hydroxylation is 1. The van der Waals surface area contributed by atoms with E-state index in [2.05, 4.69) is 88.9 Å². The van der Waals surface area contributed by atoms with Crippen molar-refractivity contribution in [1.82, 2.24) is 9.13 Å². The van der Waals surface area contributed by atoms with Crippen LogP contribution in [0.15, 0.2) is 116 Å². The third-order valence-electron chi connectivity index (χ3n) is 9.62. The Morgan fingerprint density at radius 2 is 1.64 bits per heavy atom. The van der Waals surface area contributed by atoms with Crippen molar-refractivity contribution in [3.63, 3.8) is 0 Å². The molecule has 1 aliphatic carbocycles. The fraction of sp³-hybridized carbons (Fsp3) is 0.325. The highest BCUT2D eigenvalue weighted by atomic mass is 16.3. The van der Waals surface area contributed by atoms with E-state index in [4.69, 9.17) is 4.99 Å². The van der Waals surface area contributed by atoms with Crippen LogP contribution in [-0.4, -0.2) is 27.9 Å². The number of aromatic nitrogens is 2. The second-order valence-corrected chi connectivity index (χ2v) is 13.2. The van der Waals surface area contributed by atoms with E-state index in [0.717, 1.165) is 32.7 Å². The zero-order valence-electron chi connectivity index (χ0n) is 29.0. The van der Waals surface area contributed by atoms with Crippen LogP contribution in [0.4, 0.5) is 5.69 Å². The van der Waals surface area contributed by atoms with Gasteiger partial charge in [-0.2, -0.15) is 0 Å². The average molecular weight is 630 g/mol. The summed E-state index contributed by atoms with van der Waals surface area (Å²) in [6.45, 7) is 16.4. The molecule has 0 spiro atoms. The Balaban J connectivity index is 1.71. The maximum absolute atomic E-state index is 13.7. The second kappa shape index (κ2) is 12.7. The van der Waals surface area contributed by atoms with Gasteiger partial charge in [0.2, 0.25) is 0 Å². The van der Waals surface area contributed by atoms with Crippen LogP contribution in [-0.2, 0) is 24.9 Å². The highest BCUT2D eigenvalue weighted by Gasteiger charge is 2.39. The van der Waals surface area contributed by atoms with E-state index in [0.29, 0.717) is 17.7 Å². The molecule has 0 saturated carbocycles. The van der Waals surface area contributed by atoms with Gasteiger partial charge < -0.3 is 14.6 Å². The van der Waals surface area contributed by atoms with Crippen molar-refractivity contribution in [2.75, 3.05) is 18.0 Å². The van der Waals surface area contributed by atoms with Gasteiger partial charge in [-0.15, -0.1) is 0 Å². The number of hydrogen-bond acceptors (Lipinski definition) is 5. The number of aliphatic imine (C=N–C) groups is 1. The van der Waals surface area contributed by atoms with Gasteiger partial charge >= 0.3 is 5.69 Å². The molecule has 2 heterocycles. The molecule has 47 heavy (non-hydrogen) atoms. The quantitative estimate of drug-likeness (QED) is 0.270. The van der Waals surface area contributed by atoms with Gasteiger partial charge in [-0.1, -0.05) is 94.5 Å². The molecule has 3 aromatic rings. The molecular formula is C40H45N4O3-. The molecule has 0 unspecified atom stereocenters. The number of nitrogens with zero attached hydrogens (tertiary/aromatic N) is 4. The van der Waals surface area contributed by atoms with Gasteiger partial charge in [0.15, 0.2) is 0 Å². The summed E-state index contributed by atoms with van der Waals surface area (Å²) in [5.74, 6) is -0.618. The van der Waals surface area contributed by atoms with Crippen LogP contribution >= 0.6 is 0 Å². The molecule has 5 rings (SSSR count). The van der Waals surface area contributed by atoms with E-state index in [1.165, 1.54) is 36.5 Å². The molecule has 2 aliphatic rings. The van der Waals surface area contributed by atoms with Crippen molar-refractivity contribution in [3.05, 3.63) is 145 Å². The maximum Gasteiger partial charge on any atom is 0.329 e. The molecule has 7 nitrogen and oxygen atoms in total. The van der Waals surface area contributed by atoms with Gasteiger partial charge in [0, 0.05) is 60.7 Å². The summed E-state index contributed by atoms with van der Waals surface area (Å²) in [6.07, 6.45) is 11.9. The predicted molar refractivity (Wildman–Crippen MR) is 192 cm³/mol. The fourth-order valence-corrected chi connectivity index (χ4v) is 6.98. The van der Waals surface area contributed by atoms with Gasteiger partial charge in [-0.3, -0.25) is 14.4 Å². The van der Waals surface area contributed by atoms with E-state index >= 15 is 0 Å². The number of allylic oxidation sites excluding steroid dienone is 10. The lowest BCUT2D eigenvalue weighted by Crippen LogP contribution is -2.40. The smallest absolute Gasteiger partial charge is 0.329 e. The van der Waals surface area contributed by atoms with Crippen molar-refractivity contribution < 1.29 is 5.11 Å². The lowest BCUT2D eigenvalue weighted by molar-refractivity contribution is -0.280. The molecule has 0 bridgehead atoms. The highest BCUT2D eigenvalue weighted by Crippen LogP contribution is 2.47. The van der Waals surface area contributed by atoms with E-state index in [9.17, 15) is 14.7 Å². The second-order valence-electron chi connectivity index (χ2n) is 13.2. The normalized spacial score (nSPS) is 18.0. The Morgan fingerprint density at radius 1 is 0.957 bits per heavy atom. The van der Waals surface area contributed by atoms with Crippen molar-refractivity contribution in [3.8, 4) is 5.88 Å². The van der Waals surface area contributed by atoms with E-state index in [1.54, 1.807) is 0 Å². The molecule has 1 aromatic heterocycles. The number of fused-ring (bicyclic) bond motifs is 1. The highest BCUT2D eigenvalue weighted by molar-refractivity contribution is 6.04. The Morgan fingerprint density at radius 3 is 2.32 bits per heavy atom. The van der Waals surface area contributed by atoms with E-state index in [-0.39, 0.29) is 11.0 Å². The standard InChI is InChI=1S/C40H46N4O3/c1-10-41-32(39(4,5)29-17-13-12-16-26(29)3)24-22-27-20-21-28(34(27)35-36(45)42(8)38(47)43(9)37(35)46)23-25-33-40(6,7)30-18-14-15-19-31(30)44(33)11-2/h12-25,45H,10-11H2,1-9H3/p-1/b24-22+,28-23+,33-25+,41-32?. The summed E-state index contributed by atoms with van der Waals surface area (Å²) in [4.78, 5) is 33.5. The zero-order valence-corrected chi connectivity index (χ0v) is 29.0. The van der Waals surface area contributed by atoms with Crippen LogP contribution in [0.25, 0.3) is 5.57 Å². The average Bonchev–Trinajstić information content (AvgIpc) is 3.54. The summed E-state index contributed by atoms with van der Waals surface area (Å²) in [5, 5.41) is 13.7. The van der Waals surface area contributed by atoms with Crippen molar-refractivity contribution in [2.45, 2.75) is 59.3 Å². The SMILES string of the molecule is CCN=C(/C=C/C1=C(c2c([O-])n(C)c(=O)n(C)c2=O)C(=C/C=C2/N(CC)c3ccccc3C2(C)C)/C=C1)C(C)(C)c1ccccc1C. The van der Waals surface area contributed by atoms with E-state index < -0.39 is 22.5 Å². The molecule has 1 aliphatic heterocycles. The fourth-order valence-electron chi connectivity index (χ4n) is 6.98. The summed E-state index contributed by atoms with van der Waals surface area (Å²) >= 11 is 0. The van der Waals surface area contributed by atoms with Gasteiger partial charge in [-0.05, 0) is 72.7 Å². The van der Waals surface area contributed by atoms with Gasteiger partial charge in [0.05, 0.1) is 5.56 Å². The number of rotatable bonds is 8. The minimum Gasteiger partial charge on any atom is -0.859 e. The van der Waals surface area contributed by atoms with Crippen LogP contribution in [0.1, 0.15) is 63.8 Å². The molecule has 0 amide bonds. The monoisotopic (exact) mass is 629 g/mol. The van der Waals surface area contributed by atoms with E-state index in [1.807, 2.05) is 49.4 Å². The van der Waals surface area contributed by atoms with Crippen molar-refractivity contribution in [2.24, 2.45) is 19.1 Å². The van der Waals surface area contributed by atoms with Gasteiger partial charge in [0.1, 0.15) is 0 Å². The van der Waals surface area contributed by atoms with Crippen molar-refractivity contribution >= 4 is 17.0 Å². The Kier molecular flexibility index (Phi) is 9.04. The minimum atomic E-state index is -0.651. The van der Waals surface area contributed by atoms with Crippen LogP contribution in [0, 0.1) is 6.92 Å². The predicted octanol–water partition coefficient (Wildman–Crippen LogP) is 6.41. The molecular weight excluding hydrogens is 584 g/mol. The van der Waals surface area contributed by atoms with Crippen LogP contribution in [0.2, 0.25) is 0 Å². The number of hydrogen-bond donors (Lipinski definition) is 0. The summed E-state index contributed by atoms with van der Waals surface area (Å²) in [6, 6.07) is 16.7. The molecule has 244 valence electrons. The van der Waals surface area contributed by atoms with Crippen LogP contribution < -0.4 is 21.3 Å². The molecule has 0 N–H and O–H groups in total. The third-order valence-corrected chi connectivity index (χ3v) is 9.62. The summed E-state index contributed by atoms with van der Waals surface area (Å²) in [7, 11) is 2.82.